The molecule has 6 nitrogen and oxygen atoms in total. The zero-order valence-corrected chi connectivity index (χ0v) is 16.2. The average Bonchev–Trinajstić information content (AvgIpc) is 3.53. The predicted molar refractivity (Wildman–Crippen MR) is 106 cm³/mol. The highest BCUT2D eigenvalue weighted by molar-refractivity contribution is 5.92. The van der Waals surface area contributed by atoms with E-state index < -0.39 is 0 Å². The maximum absolute atomic E-state index is 12.3. The van der Waals surface area contributed by atoms with Crippen LogP contribution in [-0.2, 0) is 22.6 Å². The molecule has 2 atom stereocenters. The molecule has 0 aromatic heterocycles. The first-order valence-corrected chi connectivity index (χ1v) is 9.42. The molecule has 2 amide bonds. The van der Waals surface area contributed by atoms with Crippen LogP contribution in [0.3, 0.4) is 0 Å². The Balaban J connectivity index is 1.39. The Labute approximate surface area is 165 Å². The van der Waals surface area contributed by atoms with Crippen LogP contribution in [-0.4, -0.2) is 32.6 Å². The summed E-state index contributed by atoms with van der Waals surface area (Å²) in [5.41, 5.74) is 2.10. The van der Waals surface area contributed by atoms with Crippen LogP contribution in [0.2, 0.25) is 0 Å². The third-order valence-electron chi connectivity index (χ3n) is 4.93. The fourth-order valence-electron chi connectivity index (χ4n) is 3.19. The first kappa shape index (κ1) is 19.7. The Morgan fingerprint density at radius 3 is 2.25 bits per heavy atom. The molecule has 2 unspecified atom stereocenters. The number of ether oxygens (including phenoxy) is 2. The molecule has 0 saturated heterocycles. The van der Waals surface area contributed by atoms with Gasteiger partial charge in [-0.1, -0.05) is 36.4 Å². The number of rotatable bonds is 9. The second kappa shape index (κ2) is 9.26. The fraction of sp³-hybridized carbons (Fsp3) is 0.364. The molecule has 0 spiro atoms. The minimum atomic E-state index is -0.221. The van der Waals surface area contributed by atoms with Gasteiger partial charge in [0.15, 0.2) is 11.5 Å². The van der Waals surface area contributed by atoms with Gasteiger partial charge < -0.3 is 20.1 Å². The van der Waals surface area contributed by atoms with E-state index in [4.69, 9.17) is 9.47 Å². The van der Waals surface area contributed by atoms with Gasteiger partial charge in [0.05, 0.1) is 26.1 Å². The van der Waals surface area contributed by atoms with Crippen molar-refractivity contribution in [2.75, 3.05) is 20.8 Å². The molecule has 1 aliphatic rings. The smallest absolute Gasteiger partial charge is 0.224 e. The highest BCUT2D eigenvalue weighted by atomic mass is 16.5. The first-order chi connectivity index (χ1) is 13.6. The number of benzene rings is 2. The molecule has 1 fully saturated rings. The third kappa shape index (κ3) is 5.03. The van der Waals surface area contributed by atoms with Crippen molar-refractivity contribution in [2.24, 2.45) is 11.8 Å². The highest BCUT2D eigenvalue weighted by Crippen LogP contribution is 2.38. The second-order valence-electron chi connectivity index (χ2n) is 6.88. The lowest BCUT2D eigenvalue weighted by Crippen LogP contribution is -2.31. The summed E-state index contributed by atoms with van der Waals surface area (Å²) in [6.45, 7) is 1.01. The van der Waals surface area contributed by atoms with Gasteiger partial charge >= 0.3 is 0 Å². The normalized spacial score (nSPS) is 17.5. The van der Waals surface area contributed by atoms with Crippen molar-refractivity contribution in [1.29, 1.82) is 0 Å². The molecule has 0 aliphatic heterocycles. The molecule has 2 aromatic rings. The van der Waals surface area contributed by atoms with Crippen LogP contribution in [0.1, 0.15) is 17.5 Å². The number of carbonyl (C=O) groups excluding carboxylic acids is 2. The maximum Gasteiger partial charge on any atom is 0.224 e. The second-order valence-corrected chi connectivity index (χ2v) is 6.88. The largest absolute Gasteiger partial charge is 0.493 e. The molecule has 148 valence electrons. The molecule has 3 rings (SSSR count). The third-order valence-corrected chi connectivity index (χ3v) is 4.93. The molecule has 2 N–H and O–H groups in total. The van der Waals surface area contributed by atoms with E-state index in [0.717, 1.165) is 11.1 Å². The number of nitrogens with one attached hydrogen (secondary N) is 2. The molecule has 2 aromatic carbocycles. The van der Waals surface area contributed by atoms with Gasteiger partial charge in [-0.15, -0.1) is 0 Å². The zero-order chi connectivity index (χ0) is 19.9. The van der Waals surface area contributed by atoms with Gasteiger partial charge in [-0.3, -0.25) is 9.59 Å². The summed E-state index contributed by atoms with van der Waals surface area (Å²) in [5, 5.41) is 5.83. The van der Waals surface area contributed by atoms with Gasteiger partial charge in [0.25, 0.3) is 0 Å². The van der Waals surface area contributed by atoms with Crippen molar-refractivity contribution in [3.63, 3.8) is 0 Å². The van der Waals surface area contributed by atoms with Gasteiger partial charge in [0.1, 0.15) is 0 Å². The topological polar surface area (TPSA) is 76.7 Å². The summed E-state index contributed by atoms with van der Waals surface area (Å²) in [4.78, 5) is 24.5. The molecule has 28 heavy (non-hydrogen) atoms. The number of carbonyl (C=O) groups is 2. The SMILES string of the molecule is COc1ccc(CCNC(=O)C2CC2C(=O)NCc2ccccc2)cc1OC. The van der Waals surface area contributed by atoms with Crippen LogP contribution in [0, 0.1) is 11.8 Å². The molecule has 0 heterocycles. The van der Waals surface area contributed by atoms with E-state index in [1.54, 1.807) is 14.2 Å². The van der Waals surface area contributed by atoms with Gasteiger partial charge in [-0.25, -0.2) is 0 Å². The lowest BCUT2D eigenvalue weighted by Gasteiger charge is -2.10. The Hall–Kier alpha value is -3.02. The van der Waals surface area contributed by atoms with Crippen molar-refractivity contribution < 1.29 is 19.1 Å². The van der Waals surface area contributed by atoms with Gasteiger partial charge in [0.2, 0.25) is 11.8 Å². The predicted octanol–water partition coefficient (Wildman–Crippen LogP) is 2.31. The van der Waals surface area contributed by atoms with E-state index >= 15 is 0 Å². The van der Waals surface area contributed by atoms with Gasteiger partial charge in [0, 0.05) is 13.1 Å². The Morgan fingerprint density at radius 2 is 1.57 bits per heavy atom. The lowest BCUT2D eigenvalue weighted by molar-refractivity contribution is -0.127. The molecule has 1 aliphatic carbocycles. The van der Waals surface area contributed by atoms with E-state index in [0.29, 0.717) is 37.4 Å². The summed E-state index contributed by atoms with van der Waals surface area (Å²) in [5.74, 6) is 0.802. The average molecular weight is 382 g/mol. The van der Waals surface area contributed by atoms with Crippen LogP contribution in [0.15, 0.2) is 48.5 Å². The summed E-state index contributed by atoms with van der Waals surface area (Å²) in [6, 6.07) is 15.4. The molecule has 0 radical (unpaired) electrons. The van der Waals surface area contributed by atoms with Crippen LogP contribution < -0.4 is 20.1 Å². The Kier molecular flexibility index (Phi) is 6.53. The van der Waals surface area contributed by atoms with Crippen molar-refractivity contribution >= 4 is 11.8 Å². The minimum Gasteiger partial charge on any atom is -0.493 e. The van der Waals surface area contributed by atoms with Crippen molar-refractivity contribution in [3.8, 4) is 11.5 Å². The Bertz CT molecular complexity index is 823. The van der Waals surface area contributed by atoms with Crippen LogP contribution >= 0.6 is 0 Å². The van der Waals surface area contributed by atoms with Crippen molar-refractivity contribution in [2.45, 2.75) is 19.4 Å². The molecule has 6 heteroatoms. The molecular weight excluding hydrogens is 356 g/mol. The number of hydrogen-bond acceptors (Lipinski definition) is 4. The highest BCUT2D eigenvalue weighted by Gasteiger charge is 2.47. The van der Waals surface area contributed by atoms with Crippen molar-refractivity contribution in [3.05, 3.63) is 59.7 Å². The van der Waals surface area contributed by atoms with Crippen LogP contribution in [0.25, 0.3) is 0 Å². The van der Waals surface area contributed by atoms with E-state index in [2.05, 4.69) is 10.6 Å². The number of amides is 2. The Morgan fingerprint density at radius 1 is 0.893 bits per heavy atom. The number of hydrogen-bond donors (Lipinski definition) is 2. The summed E-state index contributed by atoms with van der Waals surface area (Å²) in [7, 11) is 3.19. The van der Waals surface area contributed by atoms with E-state index in [1.807, 2.05) is 48.5 Å². The standard InChI is InChI=1S/C22H26N2O4/c1-27-19-9-8-15(12-20(19)28-2)10-11-23-21(25)17-13-18(17)22(26)24-14-16-6-4-3-5-7-16/h3-9,12,17-18H,10-11,13-14H2,1-2H3,(H,23,25)(H,24,26). The lowest BCUT2D eigenvalue weighted by atomic mass is 10.1. The molecule has 0 bridgehead atoms. The number of methoxy groups -OCH3 is 2. The summed E-state index contributed by atoms with van der Waals surface area (Å²) in [6.07, 6.45) is 1.30. The van der Waals surface area contributed by atoms with Crippen LogP contribution in [0.4, 0.5) is 0 Å². The van der Waals surface area contributed by atoms with E-state index in [9.17, 15) is 9.59 Å². The quantitative estimate of drug-likeness (QED) is 0.698. The first-order valence-electron chi connectivity index (χ1n) is 9.42. The maximum atomic E-state index is 12.3. The summed E-state index contributed by atoms with van der Waals surface area (Å²) < 4.78 is 10.5. The van der Waals surface area contributed by atoms with E-state index in [-0.39, 0.29) is 23.7 Å². The van der Waals surface area contributed by atoms with Gasteiger partial charge in [-0.05, 0) is 36.1 Å². The fourth-order valence-corrected chi connectivity index (χ4v) is 3.19. The monoisotopic (exact) mass is 382 g/mol. The molecular formula is C22H26N2O4. The zero-order valence-electron chi connectivity index (χ0n) is 16.2. The summed E-state index contributed by atoms with van der Waals surface area (Å²) >= 11 is 0. The minimum absolute atomic E-state index is 0.0520. The van der Waals surface area contributed by atoms with E-state index in [1.165, 1.54) is 0 Å². The van der Waals surface area contributed by atoms with Gasteiger partial charge in [-0.2, -0.15) is 0 Å². The molecule has 1 saturated carbocycles. The van der Waals surface area contributed by atoms with Crippen LogP contribution in [0.5, 0.6) is 11.5 Å². The van der Waals surface area contributed by atoms with Crippen molar-refractivity contribution in [1.82, 2.24) is 10.6 Å².